The Morgan fingerprint density at radius 1 is 1.21 bits per heavy atom. The Bertz CT molecular complexity index is 1000. The summed E-state index contributed by atoms with van der Waals surface area (Å²) in [7, 11) is 0. The van der Waals surface area contributed by atoms with Gasteiger partial charge in [-0.15, -0.1) is 0 Å². The lowest BCUT2D eigenvalue weighted by atomic mass is 10.1. The number of rotatable bonds is 6. The zero-order valence-corrected chi connectivity index (χ0v) is 17.1. The number of thioether (sulfide) groups is 1. The van der Waals surface area contributed by atoms with Crippen LogP contribution in [0.2, 0.25) is 0 Å². The third-order valence-electron chi connectivity index (χ3n) is 4.17. The molecule has 7 nitrogen and oxygen atoms in total. The fourth-order valence-electron chi connectivity index (χ4n) is 2.61. The third-order valence-corrected chi connectivity index (χ3v) is 5.55. The van der Waals surface area contributed by atoms with Crippen LogP contribution in [0.15, 0.2) is 53.4 Å². The highest BCUT2D eigenvalue weighted by molar-refractivity contribution is 8.26. The van der Waals surface area contributed by atoms with Crippen molar-refractivity contribution in [1.82, 2.24) is 4.90 Å². The number of nitro groups is 1. The number of hydrogen-bond donors (Lipinski definition) is 1. The average Bonchev–Trinajstić information content (AvgIpc) is 2.95. The Kier molecular flexibility index (Phi) is 6.40. The number of carbonyl (C=O) groups excluding carboxylic acids is 2. The smallest absolute Gasteiger partial charge is 0.269 e. The van der Waals surface area contributed by atoms with Crippen LogP contribution in [-0.2, 0) is 9.59 Å². The molecule has 1 N–H and O–H groups in total. The second-order valence-electron chi connectivity index (χ2n) is 6.35. The van der Waals surface area contributed by atoms with Gasteiger partial charge in [0, 0.05) is 30.8 Å². The van der Waals surface area contributed by atoms with E-state index >= 15 is 0 Å². The van der Waals surface area contributed by atoms with Crippen molar-refractivity contribution >= 4 is 57.6 Å². The van der Waals surface area contributed by atoms with Crippen molar-refractivity contribution in [1.29, 1.82) is 0 Å². The quantitative estimate of drug-likeness (QED) is 0.322. The highest BCUT2D eigenvalue weighted by atomic mass is 32.2. The van der Waals surface area contributed by atoms with E-state index in [0.29, 0.717) is 14.9 Å². The highest BCUT2D eigenvalue weighted by Gasteiger charge is 2.32. The van der Waals surface area contributed by atoms with Gasteiger partial charge in [0.1, 0.15) is 4.32 Å². The van der Waals surface area contributed by atoms with Gasteiger partial charge in [-0.1, -0.05) is 53.8 Å². The molecule has 0 atom stereocenters. The van der Waals surface area contributed by atoms with Crippen LogP contribution >= 0.6 is 24.0 Å². The van der Waals surface area contributed by atoms with E-state index in [9.17, 15) is 19.7 Å². The largest absolute Gasteiger partial charge is 0.326 e. The van der Waals surface area contributed by atoms with Crippen LogP contribution in [-0.4, -0.2) is 32.5 Å². The number of benzene rings is 2. The summed E-state index contributed by atoms with van der Waals surface area (Å²) in [6, 6.07) is 13.3. The molecule has 2 amide bonds. The molecule has 0 aromatic heterocycles. The standard InChI is InChI=1S/C20H17N3O4S2/c1-13-2-4-14(5-3-13)12-17-19(25)22(20(28)29-17)11-10-18(24)21-15-6-8-16(9-7-15)23(26)27/h2-9,12H,10-11H2,1H3,(H,21,24). The predicted molar refractivity (Wildman–Crippen MR) is 117 cm³/mol. The molecule has 0 radical (unpaired) electrons. The van der Waals surface area contributed by atoms with Gasteiger partial charge in [0.2, 0.25) is 5.91 Å². The van der Waals surface area contributed by atoms with Crippen molar-refractivity contribution in [2.75, 3.05) is 11.9 Å². The summed E-state index contributed by atoms with van der Waals surface area (Å²) in [6.07, 6.45) is 1.84. The van der Waals surface area contributed by atoms with Crippen molar-refractivity contribution in [2.45, 2.75) is 13.3 Å². The average molecular weight is 428 g/mol. The number of nitrogens with one attached hydrogen (secondary N) is 1. The molecule has 0 saturated carbocycles. The zero-order chi connectivity index (χ0) is 21.0. The summed E-state index contributed by atoms with van der Waals surface area (Å²) in [5, 5.41) is 13.3. The van der Waals surface area contributed by atoms with Gasteiger partial charge in [0.25, 0.3) is 11.6 Å². The highest BCUT2D eigenvalue weighted by Crippen LogP contribution is 2.32. The molecule has 1 aliphatic heterocycles. The Morgan fingerprint density at radius 2 is 1.86 bits per heavy atom. The van der Waals surface area contributed by atoms with Crippen LogP contribution in [0.3, 0.4) is 0 Å². The second-order valence-corrected chi connectivity index (χ2v) is 8.02. The number of amides is 2. The Labute approximate surface area is 176 Å². The Hall–Kier alpha value is -3.04. The predicted octanol–water partition coefficient (Wildman–Crippen LogP) is 4.13. The van der Waals surface area contributed by atoms with Crippen LogP contribution in [0.4, 0.5) is 11.4 Å². The summed E-state index contributed by atoms with van der Waals surface area (Å²) in [4.78, 5) is 36.9. The fourth-order valence-corrected chi connectivity index (χ4v) is 3.92. The molecule has 1 heterocycles. The van der Waals surface area contributed by atoms with E-state index in [-0.39, 0.29) is 30.5 Å². The summed E-state index contributed by atoms with van der Waals surface area (Å²) in [5.41, 5.74) is 2.44. The molecule has 2 aromatic carbocycles. The molecule has 1 aliphatic rings. The SMILES string of the molecule is Cc1ccc(C=C2SC(=S)N(CCC(=O)Nc3ccc([N+](=O)[O-])cc3)C2=O)cc1. The molecule has 148 valence electrons. The van der Waals surface area contributed by atoms with Crippen molar-refractivity contribution in [3.63, 3.8) is 0 Å². The molecule has 1 saturated heterocycles. The number of nitrogens with zero attached hydrogens (tertiary/aromatic N) is 2. The normalized spacial score (nSPS) is 15.1. The second kappa shape index (κ2) is 8.97. The maximum atomic E-state index is 12.6. The van der Waals surface area contributed by atoms with Gasteiger partial charge in [-0.05, 0) is 30.7 Å². The first-order valence-electron chi connectivity index (χ1n) is 8.70. The molecule has 0 spiro atoms. The molecule has 29 heavy (non-hydrogen) atoms. The van der Waals surface area contributed by atoms with E-state index in [1.807, 2.05) is 31.2 Å². The number of hydrogen-bond acceptors (Lipinski definition) is 6. The van der Waals surface area contributed by atoms with E-state index < -0.39 is 4.92 Å². The maximum absolute atomic E-state index is 12.6. The van der Waals surface area contributed by atoms with Crippen molar-refractivity contribution in [3.8, 4) is 0 Å². The number of carbonyl (C=O) groups is 2. The van der Waals surface area contributed by atoms with Crippen LogP contribution in [0.1, 0.15) is 17.5 Å². The number of aryl methyl sites for hydroxylation is 1. The minimum atomic E-state index is -0.509. The molecule has 3 rings (SSSR count). The minimum Gasteiger partial charge on any atom is -0.326 e. The van der Waals surface area contributed by atoms with Gasteiger partial charge in [-0.2, -0.15) is 0 Å². The number of nitro benzene ring substituents is 1. The molecule has 1 fully saturated rings. The summed E-state index contributed by atoms with van der Waals surface area (Å²) >= 11 is 6.50. The maximum Gasteiger partial charge on any atom is 0.269 e. The Balaban J connectivity index is 1.57. The monoisotopic (exact) mass is 427 g/mol. The number of anilines is 1. The summed E-state index contributed by atoms with van der Waals surface area (Å²) in [6.45, 7) is 2.15. The van der Waals surface area contributed by atoms with Gasteiger partial charge in [-0.3, -0.25) is 24.6 Å². The molecule has 2 aromatic rings. The van der Waals surface area contributed by atoms with Gasteiger partial charge in [0.05, 0.1) is 9.83 Å². The molecular formula is C20H17N3O4S2. The first kappa shape index (κ1) is 20.7. The van der Waals surface area contributed by atoms with Crippen LogP contribution in [0.5, 0.6) is 0 Å². The molecular weight excluding hydrogens is 410 g/mol. The van der Waals surface area contributed by atoms with E-state index in [1.165, 1.54) is 40.9 Å². The van der Waals surface area contributed by atoms with E-state index in [4.69, 9.17) is 12.2 Å². The van der Waals surface area contributed by atoms with Crippen molar-refractivity contribution < 1.29 is 14.5 Å². The lowest BCUT2D eigenvalue weighted by Gasteiger charge is -2.14. The molecule has 0 unspecified atom stereocenters. The van der Waals surface area contributed by atoms with Crippen LogP contribution in [0.25, 0.3) is 6.08 Å². The van der Waals surface area contributed by atoms with E-state index in [2.05, 4.69) is 5.32 Å². The number of non-ortho nitro benzene ring substituents is 1. The third kappa shape index (κ3) is 5.27. The van der Waals surface area contributed by atoms with Gasteiger partial charge >= 0.3 is 0 Å². The fraction of sp³-hybridized carbons (Fsp3) is 0.150. The lowest BCUT2D eigenvalue weighted by Crippen LogP contribution is -2.31. The first-order chi connectivity index (χ1) is 13.8. The molecule has 0 aliphatic carbocycles. The topological polar surface area (TPSA) is 92.6 Å². The van der Waals surface area contributed by atoms with E-state index in [0.717, 1.165) is 11.1 Å². The van der Waals surface area contributed by atoms with Gasteiger partial charge < -0.3 is 5.32 Å². The molecule has 9 heteroatoms. The minimum absolute atomic E-state index is 0.0547. The van der Waals surface area contributed by atoms with E-state index in [1.54, 1.807) is 6.08 Å². The van der Waals surface area contributed by atoms with Crippen LogP contribution in [0, 0.1) is 17.0 Å². The number of thiocarbonyl (C=S) groups is 1. The summed E-state index contributed by atoms with van der Waals surface area (Å²) in [5.74, 6) is -0.529. The van der Waals surface area contributed by atoms with Crippen molar-refractivity contribution in [3.05, 3.63) is 74.7 Å². The Morgan fingerprint density at radius 3 is 2.48 bits per heavy atom. The molecule has 0 bridgehead atoms. The first-order valence-corrected chi connectivity index (χ1v) is 9.92. The van der Waals surface area contributed by atoms with Gasteiger partial charge in [-0.25, -0.2) is 0 Å². The van der Waals surface area contributed by atoms with Gasteiger partial charge in [0.15, 0.2) is 0 Å². The lowest BCUT2D eigenvalue weighted by molar-refractivity contribution is -0.384. The summed E-state index contributed by atoms with van der Waals surface area (Å²) < 4.78 is 0.413. The van der Waals surface area contributed by atoms with Crippen LogP contribution < -0.4 is 5.32 Å². The zero-order valence-electron chi connectivity index (χ0n) is 15.5. The van der Waals surface area contributed by atoms with Crippen molar-refractivity contribution in [2.24, 2.45) is 0 Å².